The van der Waals surface area contributed by atoms with E-state index in [-0.39, 0.29) is 11.9 Å². The van der Waals surface area contributed by atoms with Gasteiger partial charge in [-0.2, -0.15) is 0 Å². The average molecular weight is 350 g/mol. The highest BCUT2D eigenvalue weighted by atomic mass is 32.2. The first-order valence-corrected chi connectivity index (χ1v) is 9.21. The summed E-state index contributed by atoms with van der Waals surface area (Å²) in [6, 6.07) is 16.2. The molecular weight excluding hydrogens is 328 g/mol. The minimum atomic E-state index is 0.0223. The number of amides is 1. The molecular formula is C21H22N2OS. The third-order valence-electron chi connectivity index (χ3n) is 4.09. The van der Waals surface area contributed by atoms with Crippen molar-refractivity contribution >= 4 is 34.6 Å². The second-order valence-corrected chi connectivity index (χ2v) is 7.48. The van der Waals surface area contributed by atoms with Gasteiger partial charge < -0.3 is 0 Å². The van der Waals surface area contributed by atoms with Gasteiger partial charge in [-0.1, -0.05) is 42.0 Å². The number of rotatable bonds is 3. The third kappa shape index (κ3) is 3.85. The molecule has 0 aromatic heterocycles. The molecule has 0 atom stereocenters. The molecule has 0 bridgehead atoms. The summed E-state index contributed by atoms with van der Waals surface area (Å²) >= 11 is 1.45. The number of thioether (sulfide) groups is 1. The fraction of sp³-hybridized carbons (Fsp3) is 0.238. The van der Waals surface area contributed by atoms with Gasteiger partial charge in [0, 0.05) is 6.04 Å². The van der Waals surface area contributed by atoms with Crippen LogP contribution in [0.4, 0.5) is 5.69 Å². The normalized spacial score (nSPS) is 18.0. The summed E-state index contributed by atoms with van der Waals surface area (Å²) in [4.78, 5) is 20.1. The van der Waals surface area contributed by atoms with Crippen molar-refractivity contribution in [2.75, 3.05) is 0 Å². The highest BCUT2D eigenvalue weighted by Crippen LogP contribution is 2.35. The van der Waals surface area contributed by atoms with Crippen LogP contribution in [0, 0.1) is 13.8 Å². The molecule has 0 saturated carbocycles. The summed E-state index contributed by atoms with van der Waals surface area (Å²) < 4.78 is 0. The molecule has 2 aromatic rings. The van der Waals surface area contributed by atoms with Crippen molar-refractivity contribution in [3.8, 4) is 0 Å². The Bertz CT molecular complexity index is 850. The number of benzene rings is 2. The standard InChI is InChI=1S/C21H22N2OS/c1-14(2)23-20(24)19(13-17-8-6-5-7-16(17)4)25-21(23)22-18-11-9-15(3)10-12-18/h5-14H,1-4H3/b19-13+,22-21?. The van der Waals surface area contributed by atoms with Gasteiger partial charge in [0.05, 0.1) is 10.6 Å². The second kappa shape index (κ2) is 7.28. The zero-order chi connectivity index (χ0) is 18.0. The second-order valence-electron chi connectivity index (χ2n) is 6.47. The molecule has 1 heterocycles. The Balaban J connectivity index is 1.98. The van der Waals surface area contributed by atoms with Crippen molar-refractivity contribution in [1.82, 2.24) is 4.90 Å². The van der Waals surface area contributed by atoms with Gasteiger partial charge in [0.2, 0.25) is 0 Å². The highest BCUT2D eigenvalue weighted by molar-refractivity contribution is 8.18. The Morgan fingerprint density at radius 1 is 1.04 bits per heavy atom. The number of amidine groups is 1. The van der Waals surface area contributed by atoms with E-state index in [1.54, 1.807) is 4.90 Å². The molecule has 1 aliphatic rings. The topological polar surface area (TPSA) is 32.7 Å². The van der Waals surface area contributed by atoms with Gasteiger partial charge in [-0.15, -0.1) is 0 Å². The molecule has 4 heteroatoms. The molecule has 0 unspecified atom stereocenters. The molecule has 1 amide bonds. The molecule has 3 nitrogen and oxygen atoms in total. The summed E-state index contributed by atoms with van der Waals surface area (Å²) in [6.45, 7) is 8.13. The Morgan fingerprint density at radius 2 is 1.72 bits per heavy atom. The maximum atomic E-state index is 12.9. The minimum Gasteiger partial charge on any atom is -0.284 e. The molecule has 2 aromatic carbocycles. The molecule has 1 fully saturated rings. The number of aliphatic imine (C=N–C) groups is 1. The number of nitrogens with zero attached hydrogens (tertiary/aromatic N) is 2. The van der Waals surface area contributed by atoms with Gasteiger partial charge in [0.15, 0.2) is 5.17 Å². The lowest BCUT2D eigenvalue weighted by Gasteiger charge is -2.19. The van der Waals surface area contributed by atoms with Crippen LogP contribution < -0.4 is 0 Å². The van der Waals surface area contributed by atoms with Crippen molar-refractivity contribution in [1.29, 1.82) is 0 Å². The van der Waals surface area contributed by atoms with Crippen LogP contribution in [-0.4, -0.2) is 22.0 Å². The minimum absolute atomic E-state index is 0.0223. The van der Waals surface area contributed by atoms with Crippen molar-refractivity contribution in [3.63, 3.8) is 0 Å². The van der Waals surface area contributed by atoms with E-state index in [1.807, 2.05) is 69.3 Å². The van der Waals surface area contributed by atoms with Gasteiger partial charge in [0.25, 0.3) is 5.91 Å². The average Bonchev–Trinajstić information content (AvgIpc) is 2.87. The first-order valence-electron chi connectivity index (χ1n) is 8.40. The molecule has 1 saturated heterocycles. The quantitative estimate of drug-likeness (QED) is 0.702. The van der Waals surface area contributed by atoms with Crippen LogP contribution in [0.3, 0.4) is 0 Å². The van der Waals surface area contributed by atoms with Gasteiger partial charge in [0.1, 0.15) is 0 Å². The van der Waals surface area contributed by atoms with Crippen molar-refractivity contribution in [3.05, 3.63) is 70.1 Å². The van der Waals surface area contributed by atoms with E-state index in [0.29, 0.717) is 4.91 Å². The molecule has 128 valence electrons. The Labute approximate surface area is 153 Å². The number of hydrogen-bond donors (Lipinski definition) is 0. The van der Waals surface area contributed by atoms with Crippen LogP contribution in [0.25, 0.3) is 6.08 Å². The largest absolute Gasteiger partial charge is 0.284 e. The van der Waals surface area contributed by atoms with Gasteiger partial charge in [-0.3, -0.25) is 9.69 Å². The maximum absolute atomic E-state index is 12.9. The predicted octanol–water partition coefficient (Wildman–Crippen LogP) is 5.32. The van der Waals surface area contributed by atoms with E-state index in [2.05, 4.69) is 13.0 Å². The molecule has 0 spiro atoms. The van der Waals surface area contributed by atoms with Gasteiger partial charge in [-0.25, -0.2) is 4.99 Å². The Hall–Kier alpha value is -2.33. The molecule has 0 aliphatic carbocycles. The first kappa shape index (κ1) is 17.5. The lowest BCUT2D eigenvalue weighted by atomic mass is 10.1. The molecule has 3 rings (SSSR count). The number of aryl methyl sites for hydroxylation is 2. The fourth-order valence-corrected chi connectivity index (χ4v) is 3.75. The number of carbonyl (C=O) groups is 1. The Kier molecular flexibility index (Phi) is 5.09. The van der Waals surface area contributed by atoms with Crippen molar-refractivity contribution < 1.29 is 4.79 Å². The van der Waals surface area contributed by atoms with E-state index < -0.39 is 0 Å². The summed E-state index contributed by atoms with van der Waals surface area (Å²) in [5.74, 6) is 0.0223. The van der Waals surface area contributed by atoms with Crippen molar-refractivity contribution in [2.45, 2.75) is 33.7 Å². The third-order valence-corrected chi connectivity index (χ3v) is 5.07. The maximum Gasteiger partial charge on any atom is 0.266 e. The molecule has 1 aliphatic heterocycles. The van der Waals surface area contributed by atoms with E-state index in [1.165, 1.54) is 17.3 Å². The van der Waals surface area contributed by atoms with Crippen LogP contribution >= 0.6 is 11.8 Å². The zero-order valence-corrected chi connectivity index (χ0v) is 15.8. The monoisotopic (exact) mass is 350 g/mol. The van der Waals surface area contributed by atoms with E-state index >= 15 is 0 Å². The van der Waals surface area contributed by atoms with Crippen LogP contribution in [-0.2, 0) is 4.79 Å². The van der Waals surface area contributed by atoms with Crippen LogP contribution in [0.1, 0.15) is 30.5 Å². The summed E-state index contributed by atoms with van der Waals surface area (Å²) in [7, 11) is 0. The van der Waals surface area contributed by atoms with E-state index in [9.17, 15) is 4.79 Å². The predicted molar refractivity (Wildman–Crippen MR) is 107 cm³/mol. The molecule has 25 heavy (non-hydrogen) atoms. The smallest absolute Gasteiger partial charge is 0.266 e. The number of hydrogen-bond acceptors (Lipinski definition) is 3. The molecule has 0 N–H and O–H groups in total. The van der Waals surface area contributed by atoms with Gasteiger partial charge in [-0.05, 0) is 68.8 Å². The Morgan fingerprint density at radius 3 is 2.36 bits per heavy atom. The zero-order valence-electron chi connectivity index (χ0n) is 15.0. The lowest BCUT2D eigenvalue weighted by molar-refractivity contribution is -0.123. The fourth-order valence-electron chi connectivity index (χ4n) is 2.64. The highest BCUT2D eigenvalue weighted by Gasteiger charge is 2.35. The van der Waals surface area contributed by atoms with Crippen molar-refractivity contribution in [2.24, 2.45) is 4.99 Å². The van der Waals surface area contributed by atoms with Crippen LogP contribution in [0.5, 0.6) is 0 Å². The lowest BCUT2D eigenvalue weighted by Crippen LogP contribution is -2.35. The molecule has 0 radical (unpaired) electrons. The number of carbonyl (C=O) groups excluding carboxylic acids is 1. The van der Waals surface area contributed by atoms with Gasteiger partial charge >= 0.3 is 0 Å². The van der Waals surface area contributed by atoms with E-state index in [4.69, 9.17) is 4.99 Å². The summed E-state index contributed by atoms with van der Waals surface area (Å²) in [6.07, 6.45) is 1.97. The van der Waals surface area contributed by atoms with Crippen LogP contribution in [0.15, 0.2) is 58.4 Å². The SMILES string of the molecule is Cc1ccc(N=C2S/C(=C/c3ccccc3C)C(=O)N2C(C)C)cc1. The van der Waals surface area contributed by atoms with Crippen LogP contribution in [0.2, 0.25) is 0 Å². The summed E-state index contributed by atoms with van der Waals surface area (Å²) in [5, 5.41) is 0.740. The first-order chi connectivity index (χ1) is 12.0. The summed E-state index contributed by atoms with van der Waals surface area (Å²) in [5.41, 5.74) is 4.28. The van der Waals surface area contributed by atoms with E-state index in [0.717, 1.165) is 22.0 Å².